The first kappa shape index (κ1) is 13.1. The molecular weight excluding hydrogens is 274 g/mol. The third-order valence-corrected chi connectivity index (χ3v) is 4.72. The van der Waals surface area contributed by atoms with Gasteiger partial charge in [-0.1, -0.05) is 6.92 Å². The zero-order chi connectivity index (χ0) is 14.3. The molecule has 1 fully saturated rings. The number of nitrogens with one attached hydrogen (secondary N) is 1. The van der Waals surface area contributed by atoms with Crippen LogP contribution in [-0.2, 0) is 11.2 Å². The summed E-state index contributed by atoms with van der Waals surface area (Å²) in [6, 6.07) is 1.85. The summed E-state index contributed by atoms with van der Waals surface area (Å²) in [6.07, 6.45) is 1.73. The molecule has 1 aliphatic heterocycles. The van der Waals surface area contributed by atoms with Crippen molar-refractivity contribution in [3.8, 4) is 0 Å². The number of hydrogen-bond donors (Lipinski definition) is 2. The zero-order valence-electron chi connectivity index (χ0n) is 11.5. The number of anilines is 2. The van der Waals surface area contributed by atoms with Crippen LogP contribution in [0.25, 0.3) is 10.2 Å². The van der Waals surface area contributed by atoms with E-state index in [9.17, 15) is 4.79 Å². The van der Waals surface area contributed by atoms with Crippen molar-refractivity contribution in [2.24, 2.45) is 0 Å². The molecule has 0 spiro atoms. The van der Waals surface area contributed by atoms with E-state index in [1.165, 1.54) is 4.88 Å². The van der Waals surface area contributed by atoms with Crippen molar-refractivity contribution in [2.75, 3.05) is 24.6 Å². The molecule has 1 unspecified atom stereocenters. The number of nitrogens with zero attached hydrogens (tertiary/aromatic N) is 3. The van der Waals surface area contributed by atoms with E-state index < -0.39 is 0 Å². The minimum Gasteiger partial charge on any atom is -0.368 e. The second kappa shape index (κ2) is 4.90. The largest absolute Gasteiger partial charge is 0.368 e. The Morgan fingerprint density at radius 1 is 1.55 bits per heavy atom. The molecule has 6 nitrogen and oxygen atoms in total. The summed E-state index contributed by atoms with van der Waals surface area (Å²) < 4.78 is 0. The van der Waals surface area contributed by atoms with Gasteiger partial charge in [-0.3, -0.25) is 4.79 Å². The fourth-order valence-electron chi connectivity index (χ4n) is 2.39. The standard InChI is InChI=1S/C13H17N5OS/c1-3-7-6-8-10(16-13(14)17-11(8)20-7)15-9-4-5-18(2)12(9)19/h6,9H,3-5H2,1-2H3,(H3,14,15,16,17). The molecule has 1 amide bonds. The minimum atomic E-state index is -0.220. The van der Waals surface area contributed by atoms with Crippen LogP contribution in [0, 0.1) is 0 Å². The van der Waals surface area contributed by atoms with Gasteiger partial charge in [-0.15, -0.1) is 11.3 Å². The fourth-order valence-corrected chi connectivity index (χ4v) is 3.37. The maximum absolute atomic E-state index is 12.0. The van der Waals surface area contributed by atoms with Gasteiger partial charge in [-0.25, -0.2) is 4.98 Å². The van der Waals surface area contributed by atoms with Gasteiger partial charge in [0.2, 0.25) is 11.9 Å². The van der Waals surface area contributed by atoms with Gasteiger partial charge in [-0.05, 0) is 18.9 Å². The van der Waals surface area contributed by atoms with E-state index in [0.717, 1.165) is 29.6 Å². The molecule has 3 N–H and O–H groups in total. The molecule has 2 aromatic rings. The van der Waals surface area contributed by atoms with Crippen molar-refractivity contribution in [1.82, 2.24) is 14.9 Å². The van der Waals surface area contributed by atoms with Gasteiger partial charge in [0.25, 0.3) is 0 Å². The number of likely N-dealkylation sites (tertiary alicyclic amines) is 1. The van der Waals surface area contributed by atoms with Crippen LogP contribution in [0.5, 0.6) is 0 Å². The van der Waals surface area contributed by atoms with Gasteiger partial charge in [0, 0.05) is 18.5 Å². The minimum absolute atomic E-state index is 0.0984. The quantitative estimate of drug-likeness (QED) is 0.895. The monoisotopic (exact) mass is 291 g/mol. The van der Waals surface area contributed by atoms with Crippen LogP contribution in [0.3, 0.4) is 0 Å². The highest BCUT2D eigenvalue weighted by atomic mass is 32.1. The van der Waals surface area contributed by atoms with Crippen molar-refractivity contribution in [1.29, 1.82) is 0 Å². The van der Waals surface area contributed by atoms with Crippen LogP contribution in [-0.4, -0.2) is 40.4 Å². The Morgan fingerprint density at radius 3 is 3.00 bits per heavy atom. The molecule has 106 valence electrons. The fraction of sp³-hybridized carbons (Fsp3) is 0.462. The number of nitrogens with two attached hydrogens (primary N) is 1. The predicted octanol–water partition coefficient (Wildman–Crippen LogP) is 1.48. The molecule has 0 bridgehead atoms. The average Bonchev–Trinajstić information content (AvgIpc) is 2.96. The summed E-state index contributed by atoms with van der Waals surface area (Å²) in [5.74, 6) is 1.00. The first-order chi connectivity index (χ1) is 9.58. The maximum Gasteiger partial charge on any atom is 0.244 e. The van der Waals surface area contributed by atoms with Crippen LogP contribution in [0.4, 0.5) is 11.8 Å². The Labute approximate surface area is 121 Å². The van der Waals surface area contributed by atoms with Crippen molar-refractivity contribution < 1.29 is 4.79 Å². The summed E-state index contributed by atoms with van der Waals surface area (Å²) in [6.45, 7) is 2.87. The van der Waals surface area contributed by atoms with E-state index in [1.54, 1.807) is 16.2 Å². The van der Waals surface area contributed by atoms with E-state index >= 15 is 0 Å². The highest BCUT2D eigenvalue weighted by molar-refractivity contribution is 7.18. The average molecular weight is 291 g/mol. The Bertz CT molecular complexity index is 668. The summed E-state index contributed by atoms with van der Waals surface area (Å²) in [7, 11) is 1.81. The molecule has 0 radical (unpaired) electrons. The van der Waals surface area contributed by atoms with Crippen molar-refractivity contribution in [3.63, 3.8) is 0 Å². The zero-order valence-corrected chi connectivity index (χ0v) is 12.3. The maximum atomic E-state index is 12.0. The van der Waals surface area contributed by atoms with E-state index in [4.69, 9.17) is 5.73 Å². The van der Waals surface area contributed by atoms with Crippen LogP contribution in [0.15, 0.2) is 6.07 Å². The molecule has 1 atom stereocenters. The van der Waals surface area contributed by atoms with E-state index in [2.05, 4.69) is 28.3 Å². The lowest BCUT2D eigenvalue weighted by Crippen LogP contribution is -2.31. The van der Waals surface area contributed by atoms with Crippen LogP contribution in [0.2, 0.25) is 0 Å². The lowest BCUT2D eigenvalue weighted by Gasteiger charge is -2.13. The third kappa shape index (κ3) is 2.18. The number of aryl methyl sites for hydroxylation is 1. The van der Waals surface area contributed by atoms with Gasteiger partial charge >= 0.3 is 0 Å². The van der Waals surface area contributed by atoms with Crippen LogP contribution in [0.1, 0.15) is 18.2 Å². The van der Waals surface area contributed by atoms with Crippen molar-refractivity contribution in [3.05, 3.63) is 10.9 Å². The summed E-state index contributed by atoms with van der Waals surface area (Å²) in [5.41, 5.74) is 5.76. The molecule has 3 heterocycles. The molecule has 0 saturated carbocycles. The number of likely N-dealkylation sites (N-methyl/N-ethyl adjacent to an activating group) is 1. The molecule has 0 aliphatic carbocycles. The highest BCUT2D eigenvalue weighted by Crippen LogP contribution is 2.30. The van der Waals surface area contributed by atoms with E-state index in [0.29, 0.717) is 5.82 Å². The summed E-state index contributed by atoms with van der Waals surface area (Å²) in [5, 5.41) is 4.17. The molecule has 1 aliphatic rings. The van der Waals surface area contributed by atoms with Crippen LogP contribution >= 0.6 is 11.3 Å². The molecule has 0 aromatic carbocycles. The Balaban J connectivity index is 1.98. The Kier molecular flexibility index (Phi) is 3.21. The number of rotatable bonds is 3. The van der Waals surface area contributed by atoms with Crippen molar-refractivity contribution in [2.45, 2.75) is 25.8 Å². The number of carbonyl (C=O) groups excluding carboxylic acids is 1. The summed E-state index contributed by atoms with van der Waals surface area (Å²) >= 11 is 1.62. The van der Waals surface area contributed by atoms with E-state index in [1.807, 2.05) is 7.05 Å². The van der Waals surface area contributed by atoms with Gasteiger partial charge in [0.1, 0.15) is 16.7 Å². The molecule has 20 heavy (non-hydrogen) atoms. The molecule has 7 heteroatoms. The number of carbonyl (C=O) groups is 1. The van der Waals surface area contributed by atoms with E-state index in [-0.39, 0.29) is 17.9 Å². The number of aromatic nitrogens is 2. The Hall–Kier alpha value is -1.89. The normalized spacial score (nSPS) is 19.0. The van der Waals surface area contributed by atoms with Crippen molar-refractivity contribution >= 4 is 39.2 Å². The predicted molar refractivity (Wildman–Crippen MR) is 80.9 cm³/mol. The number of thiophene rings is 1. The lowest BCUT2D eigenvalue weighted by molar-refractivity contribution is -0.127. The first-order valence-corrected chi connectivity index (χ1v) is 7.47. The second-order valence-corrected chi connectivity index (χ2v) is 6.08. The molecule has 2 aromatic heterocycles. The van der Waals surface area contributed by atoms with Gasteiger partial charge < -0.3 is 16.0 Å². The second-order valence-electron chi connectivity index (χ2n) is 4.96. The number of amides is 1. The van der Waals surface area contributed by atoms with Gasteiger partial charge in [-0.2, -0.15) is 4.98 Å². The Morgan fingerprint density at radius 2 is 2.35 bits per heavy atom. The number of nitrogen functional groups attached to an aromatic ring is 1. The SMILES string of the molecule is CCc1cc2c(NC3CCN(C)C3=O)nc(N)nc2s1. The highest BCUT2D eigenvalue weighted by Gasteiger charge is 2.29. The van der Waals surface area contributed by atoms with Gasteiger partial charge in [0.15, 0.2) is 0 Å². The van der Waals surface area contributed by atoms with Crippen LogP contribution < -0.4 is 11.1 Å². The summed E-state index contributed by atoms with van der Waals surface area (Å²) in [4.78, 5) is 24.3. The smallest absolute Gasteiger partial charge is 0.244 e. The van der Waals surface area contributed by atoms with Gasteiger partial charge in [0.05, 0.1) is 5.39 Å². The third-order valence-electron chi connectivity index (χ3n) is 3.55. The molecule has 3 rings (SSSR count). The first-order valence-electron chi connectivity index (χ1n) is 6.66. The topological polar surface area (TPSA) is 84.1 Å². The molecule has 1 saturated heterocycles. The number of fused-ring (bicyclic) bond motifs is 1. The lowest BCUT2D eigenvalue weighted by atomic mass is 10.2. The molecular formula is C13H17N5OS. The number of hydrogen-bond acceptors (Lipinski definition) is 6.